The molecule has 0 bridgehead atoms. The van der Waals surface area contributed by atoms with Crippen molar-refractivity contribution < 1.29 is 8.42 Å². The third kappa shape index (κ3) is 4.06. The second-order valence-electron chi connectivity index (χ2n) is 5.67. The average molecular weight is 249 g/mol. The van der Waals surface area contributed by atoms with Gasteiger partial charge in [0.25, 0.3) is 0 Å². The van der Waals surface area contributed by atoms with Gasteiger partial charge in [-0.05, 0) is 40.5 Å². The Labute approximate surface area is 102 Å². The summed E-state index contributed by atoms with van der Waals surface area (Å²) in [5.74, 6) is 0. The van der Waals surface area contributed by atoms with Crippen molar-refractivity contribution in [3.63, 3.8) is 0 Å². The first-order valence-electron chi connectivity index (χ1n) is 6.13. The molecule has 0 unspecified atom stereocenters. The highest BCUT2D eigenvalue weighted by molar-refractivity contribution is 7.70. The van der Waals surface area contributed by atoms with E-state index >= 15 is 0 Å². The van der Waals surface area contributed by atoms with Crippen molar-refractivity contribution in [1.82, 2.24) is 4.31 Å². The van der Waals surface area contributed by atoms with Gasteiger partial charge in [0.15, 0.2) is 0 Å². The summed E-state index contributed by atoms with van der Waals surface area (Å²) in [5, 5.41) is 0. The monoisotopic (exact) mass is 249 g/mol. The van der Waals surface area contributed by atoms with Gasteiger partial charge in [0.2, 0.25) is 10.9 Å². The van der Waals surface area contributed by atoms with E-state index in [1.807, 2.05) is 27.7 Å². The molecule has 16 heavy (non-hydrogen) atoms. The lowest BCUT2D eigenvalue weighted by Crippen LogP contribution is -2.54. The van der Waals surface area contributed by atoms with E-state index in [1.54, 1.807) is 4.31 Å². The van der Waals surface area contributed by atoms with Gasteiger partial charge in [-0.25, -0.2) is 8.42 Å². The summed E-state index contributed by atoms with van der Waals surface area (Å²) in [4.78, 5) is 0. The van der Waals surface area contributed by atoms with Crippen molar-refractivity contribution in [2.45, 2.75) is 78.3 Å². The van der Waals surface area contributed by atoms with E-state index < -0.39 is 10.9 Å². The molecule has 0 fully saturated rings. The smallest absolute Gasteiger partial charge is 0.204 e. The van der Waals surface area contributed by atoms with Gasteiger partial charge < -0.3 is 0 Å². The highest BCUT2D eigenvalue weighted by Gasteiger charge is 2.38. The summed E-state index contributed by atoms with van der Waals surface area (Å²) < 4.78 is 24.7. The first kappa shape index (κ1) is 15.9. The Balaban J connectivity index is 5.15. The van der Waals surface area contributed by atoms with Crippen LogP contribution >= 0.6 is 0 Å². The number of rotatable bonds is 7. The van der Waals surface area contributed by atoms with Crippen LogP contribution in [-0.2, 0) is 10.9 Å². The van der Waals surface area contributed by atoms with Crippen molar-refractivity contribution in [1.29, 1.82) is 0 Å². The van der Waals surface area contributed by atoms with Gasteiger partial charge in [-0.3, -0.25) is 0 Å². The summed E-state index contributed by atoms with van der Waals surface area (Å²) in [6.45, 7) is 12.2. The van der Waals surface area contributed by atoms with Crippen LogP contribution in [0.2, 0.25) is 0 Å². The van der Waals surface area contributed by atoms with Gasteiger partial charge in [-0.1, -0.05) is 26.7 Å². The van der Waals surface area contributed by atoms with E-state index in [2.05, 4.69) is 13.8 Å². The minimum atomic E-state index is -2.53. The number of nitrogens with zero attached hydrogens (tertiary/aromatic N) is 1. The van der Waals surface area contributed by atoms with E-state index in [9.17, 15) is 8.42 Å². The van der Waals surface area contributed by atoms with Gasteiger partial charge in [-0.15, -0.1) is 0 Å². The fourth-order valence-electron chi connectivity index (χ4n) is 2.70. The molecular weight excluding hydrogens is 222 g/mol. The molecular formula is C12H27NO2S. The first-order chi connectivity index (χ1) is 7.19. The van der Waals surface area contributed by atoms with Crippen LogP contribution in [0.4, 0.5) is 0 Å². The van der Waals surface area contributed by atoms with Gasteiger partial charge in [0.05, 0.1) is 0 Å². The Morgan fingerprint density at radius 3 is 1.38 bits per heavy atom. The van der Waals surface area contributed by atoms with Gasteiger partial charge >= 0.3 is 0 Å². The Morgan fingerprint density at radius 1 is 0.875 bits per heavy atom. The third-order valence-electron chi connectivity index (χ3n) is 3.03. The molecule has 0 saturated heterocycles. The molecule has 0 amide bonds. The first-order valence-corrected chi connectivity index (χ1v) is 7.26. The molecule has 0 rings (SSSR count). The summed E-state index contributed by atoms with van der Waals surface area (Å²) >= 11 is 0. The number of hydrogen-bond donors (Lipinski definition) is 1. The van der Waals surface area contributed by atoms with Gasteiger partial charge in [0, 0.05) is 11.1 Å². The molecule has 0 atom stereocenters. The topological polar surface area (TPSA) is 37.4 Å². The molecule has 0 aromatic heterocycles. The molecule has 0 aliphatic rings. The minimum Gasteiger partial charge on any atom is -0.215 e. The zero-order valence-electron chi connectivity index (χ0n) is 11.5. The van der Waals surface area contributed by atoms with Crippen LogP contribution in [0.1, 0.15) is 67.2 Å². The summed E-state index contributed by atoms with van der Waals surface area (Å²) in [7, 11) is -2.53. The van der Waals surface area contributed by atoms with E-state index in [0.717, 1.165) is 25.7 Å². The second-order valence-corrected chi connectivity index (χ2v) is 6.55. The van der Waals surface area contributed by atoms with Crippen molar-refractivity contribution >= 4 is 10.9 Å². The largest absolute Gasteiger partial charge is 0.215 e. The van der Waals surface area contributed by atoms with Gasteiger partial charge in [-0.2, -0.15) is 4.31 Å². The molecule has 0 saturated carbocycles. The second kappa shape index (κ2) is 6.01. The maximum Gasteiger partial charge on any atom is 0.204 e. The van der Waals surface area contributed by atoms with Crippen molar-refractivity contribution in [3.8, 4) is 0 Å². The fraction of sp³-hybridized carbons (Fsp3) is 1.00. The average Bonchev–Trinajstić information content (AvgIpc) is 1.99. The maximum atomic E-state index is 11.5. The maximum absolute atomic E-state index is 11.5. The normalized spacial score (nSPS) is 13.8. The molecule has 0 spiro atoms. The van der Waals surface area contributed by atoms with Crippen LogP contribution in [0, 0.1) is 0 Å². The van der Waals surface area contributed by atoms with E-state index in [4.69, 9.17) is 0 Å². The molecule has 98 valence electrons. The third-order valence-corrected chi connectivity index (χ3v) is 4.44. The Hall–Kier alpha value is -0.0900. The molecule has 0 aromatic carbocycles. The van der Waals surface area contributed by atoms with Crippen LogP contribution in [0.25, 0.3) is 0 Å². The molecule has 0 heterocycles. The lowest BCUT2D eigenvalue weighted by Gasteiger charge is -2.44. The van der Waals surface area contributed by atoms with Crippen molar-refractivity contribution in [2.75, 3.05) is 0 Å². The van der Waals surface area contributed by atoms with Crippen LogP contribution in [0.5, 0.6) is 0 Å². The van der Waals surface area contributed by atoms with Crippen LogP contribution in [-0.4, -0.2) is 23.8 Å². The predicted octanol–water partition coefficient (Wildman–Crippen LogP) is 2.97. The predicted molar refractivity (Wildman–Crippen MR) is 70.1 cm³/mol. The molecule has 0 aliphatic carbocycles. The lowest BCUT2D eigenvalue weighted by molar-refractivity contribution is 0.100. The van der Waals surface area contributed by atoms with E-state index in [1.165, 1.54) is 0 Å². The Bertz CT molecular complexity index is 257. The minimum absolute atomic E-state index is 0.289. The molecule has 4 heteroatoms. The van der Waals surface area contributed by atoms with Crippen LogP contribution < -0.4 is 0 Å². The number of hydrogen-bond acceptors (Lipinski definition) is 2. The number of thiol groups is 1. The van der Waals surface area contributed by atoms with Crippen LogP contribution in [0.15, 0.2) is 0 Å². The van der Waals surface area contributed by atoms with E-state index in [0.29, 0.717) is 0 Å². The molecule has 0 aliphatic heterocycles. The lowest BCUT2D eigenvalue weighted by atomic mass is 9.90. The molecule has 0 radical (unpaired) electrons. The van der Waals surface area contributed by atoms with E-state index in [-0.39, 0.29) is 11.1 Å². The fourth-order valence-corrected chi connectivity index (χ4v) is 3.78. The highest BCUT2D eigenvalue weighted by Crippen LogP contribution is 2.31. The summed E-state index contributed by atoms with van der Waals surface area (Å²) in [5.41, 5.74) is -0.578. The standard InChI is InChI=1S/C12H27NO2S/c1-7-9-11(3,4)13(16(14)15)12(5,6)10-8-2/h16H,7-10H2,1-6H3. The Morgan fingerprint density at radius 2 is 1.19 bits per heavy atom. The quantitative estimate of drug-likeness (QED) is 0.704. The van der Waals surface area contributed by atoms with Crippen molar-refractivity contribution in [2.24, 2.45) is 0 Å². The zero-order valence-corrected chi connectivity index (χ0v) is 12.4. The zero-order chi connectivity index (χ0) is 13.0. The Kier molecular flexibility index (Phi) is 5.98. The SMILES string of the molecule is CCCC(C)(C)N([SH](=O)=O)C(C)(C)CCC. The summed E-state index contributed by atoms with van der Waals surface area (Å²) in [6.07, 6.45) is 3.77. The summed E-state index contributed by atoms with van der Waals surface area (Å²) in [6, 6.07) is 0. The van der Waals surface area contributed by atoms with Crippen LogP contribution in [0.3, 0.4) is 0 Å². The molecule has 0 aromatic rings. The highest BCUT2D eigenvalue weighted by atomic mass is 32.2. The molecule has 0 N–H and O–H groups in total. The van der Waals surface area contributed by atoms with Crippen molar-refractivity contribution in [3.05, 3.63) is 0 Å². The molecule has 3 nitrogen and oxygen atoms in total. The van der Waals surface area contributed by atoms with Gasteiger partial charge in [0.1, 0.15) is 0 Å².